The highest BCUT2D eigenvalue weighted by molar-refractivity contribution is 5.76. The van der Waals surface area contributed by atoms with Gasteiger partial charge in [-0.15, -0.1) is 0 Å². The summed E-state index contributed by atoms with van der Waals surface area (Å²) in [5.74, 6) is -1.57. The zero-order valence-corrected chi connectivity index (χ0v) is 11.7. The van der Waals surface area contributed by atoms with Gasteiger partial charge < -0.3 is 10.0 Å². The third kappa shape index (κ3) is 2.81. The lowest BCUT2D eigenvalue weighted by Gasteiger charge is -2.40. The van der Waals surface area contributed by atoms with Gasteiger partial charge in [0.15, 0.2) is 5.82 Å². The molecule has 1 aromatic carbocycles. The number of nitro benzene ring substituents is 1. The Morgan fingerprint density at radius 2 is 2.29 bits per heavy atom. The number of piperidine rings is 1. The molecule has 1 unspecified atom stereocenters. The van der Waals surface area contributed by atoms with Crippen LogP contribution in [0.15, 0.2) is 18.2 Å². The number of non-ortho nitro benzene ring substituents is 1. The standard InChI is InChI=1S/C14H17FN2O4/c1-2-14(13(18)19)6-3-7-16(9-14)12-5-4-10(17(20)21)8-11(12)15/h4-5,8H,2-3,6-7,9H2,1H3,(H,18,19). The van der Waals surface area contributed by atoms with Crippen LogP contribution in [0.1, 0.15) is 26.2 Å². The van der Waals surface area contributed by atoms with Gasteiger partial charge in [-0.25, -0.2) is 4.39 Å². The molecule has 2 rings (SSSR count). The van der Waals surface area contributed by atoms with Gasteiger partial charge in [0.1, 0.15) is 0 Å². The van der Waals surface area contributed by atoms with Gasteiger partial charge in [-0.1, -0.05) is 6.92 Å². The maximum Gasteiger partial charge on any atom is 0.311 e. The fraction of sp³-hybridized carbons (Fsp3) is 0.500. The minimum absolute atomic E-state index is 0.216. The molecule has 1 heterocycles. The van der Waals surface area contributed by atoms with Crippen molar-refractivity contribution in [3.63, 3.8) is 0 Å². The molecule has 1 aliphatic heterocycles. The van der Waals surface area contributed by atoms with Crippen LogP contribution in [-0.2, 0) is 4.79 Å². The molecule has 1 aromatic rings. The summed E-state index contributed by atoms with van der Waals surface area (Å²) in [4.78, 5) is 23.1. The summed E-state index contributed by atoms with van der Waals surface area (Å²) in [6.45, 7) is 2.57. The van der Waals surface area contributed by atoms with Crippen LogP contribution in [0.3, 0.4) is 0 Å². The van der Waals surface area contributed by atoms with Crippen molar-refractivity contribution in [3.8, 4) is 0 Å². The van der Waals surface area contributed by atoms with Gasteiger partial charge in [-0.05, 0) is 25.3 Å². The Bertz CT molecular complexity index is 578. The van der Waals surface area contributed by atoms with Crippen LogP contribution >= 0.6 is 0 Å². The Hall–Kier alpha value is -2.18. The van der Waals surface area contributed by atoms with Crippen LogP contribution in [0, 0.1) is 21.3 Å². The number of nitro groups is 1. The predicted molar refractivity (Wildman–Crippen MR) is 74.9 cm³/mol. The van der Waals surface area contributed by atoms with Crippen LogP contribution in [-0.4, -0.2) is 29.1 Å². The number of hydrogen-bond acceptors (Lipinski definition) is 4. The summed E-state index contributed by atoms with van der Waals surface area (Å²) in [5.41, 5.74) is -0.973. The zero-order chi connectivity index (χ0) is 15.6. The Labute approximate surface area is 121 Å². The molecule has 1 fully saturated rings. The average Bonchev–Trinajstić information content (AvgIpc) is 2.46. The average molecular weight is 296 g/mol. The van der Waals surface area contributed by atoms with Crippen molar-refractivity contribution in [1.29, 1.82) is 0 Å². The largest absolute Gasteiger partial charge is 0.481 e. The minimum atomic E-state index is -0.882. The van der Waals surface area contributed by atoms with Crippen LogP contribution in [0.25, 0.3) is 0 Å². The molecular weight excluding hydrogens is 279 g/mol. The molecule has 1 N–H and O–H groups in total. The number of benzene rings is 1. The second kappa shape index (κ2) is 5.67. The number of anilines is 1. The third-order valence-electron chi connectivity index (χ3n) is 4.19. The fourth-order valence-electron chi connectivity index (χ4n) is 2.82. The van der Waals surface area contributed by atoms with Gasteiger partial charge in [-0.2, -0.15) is 0 Å². The van der Waals surface area contributed by atoms with Crippen molar-refractivity contribution >= 4 is 17.3 Å². The number of hydrogen-bond donors (Lipinski definition) is 1. The number of aliphatic carboxylic acids is 1. The number of nitrogens with zero attached hydrogens (tertiary/aromatic N) is 2. The number of halogens is 1. The van der Waals surface area contributed by atoms with Crippen LogP contribution in [0.5, 0.6) is 0 Å². The van der Waals surface area contributed by atoms with Crippen LogP contribution in [0.4, 0.5) is 15.8 Å². The second-order valence-electron chi connectivity index (χ2n) is 5.36. The van der Waals surface area contributed by atoms with Crippen molar-refractivity contribution < 1.29 is 19.2 Å². The van der Waals surface area contributed by atoms with Gasteiger partial charge in [0.05, 0.1) is 22.1 Å². The Balaban J connectivity index is 2.30. The zero-order valence-electron chi connectivity index (χ0n) is 11.7. The van der Waals surface area contributed by atoms with Gasteiger partial charge in [0.25, 0.3) is 5.69 Å². The van der Waals surface area contributed by atoms with E-state index in [1.807, 2.05) is 6.92 Å². The first kappa shape index (κ1) is 15.2. The smallest absolute Gasteiger partial charge is 0.311 e. The maximum atomic E-state index is 14.1. The monoisotopic (exact) mass is 296 g/mol. The van der Waals surface area contributed by atoms with Gasteiger partial charge in [0, 0.05) is 19.2 Å². The maximum absolute atomic E-state index is 14.1. The fourth-order valence-corrected chi connectivity index (χ4v) is 2.82. The molecule has 0 saturated carbocycles. The first-order chi connectivity index (χ1) is 9.89. The number of rotatable bonds is 4. The van der Waals surface area contributed by atoms with E-state index in [1.54, 1.807) is 4.90 Å². The quantitative estimate of drug-likeness (QED) is 0.682. The molecule has 0 amide bonds. The SMILES string of the molecule is CCC1(C(=O)O)CCCN(c2ccc([N+](=O)[O-])cc2F)C1. The highest BCUT2D eigenvalue weighted by Gasteiger charge is 2.41. The number of carboxylic acids is 1. The molecule has 0 spiro atoms. The Kier molecular flexibility index (Phi) is 4.11. The first-order valence-corrected chi connectivity index (χ1v) is 6.82. The highest BCUT2D eigenvalue weighted by Crippen LogP contribution is 2.37. The Morgan fingerprint density at radius 3 is 2.81 bits per heavy atom. The van der Waals surface area contributed by atoms with Crippen molar-refractivity contribution in [2.75, 3.05) is 18.0 Å². The molecule has 0 radical (unpaired) electrons. The summed E-state index contributed by atoms with van der Waals surface area (Å²) in [5, 5.41) is 20.1. The minimum Gasteiger partial charge on any atom is -0.481 e. The van der Waals surface area contributed by atoms with E-state index in [4.69, 9.17) is 0 Å². The normalized spacial score (nSPS) is 22.1. The lowest BCUT2D eigenvalue weighted by molar-refractivity contribution is -0.385. The molecule has 0 aromatic heterocycles. The van der Waals surface area contributed by atoms with E-state index in [0.29, 0.717) is 25.8 Å². The van der Waals surface area contributed by atoms with Gasteiger partial charge >= 0.3 is 5.97 Å². The lowest BCUT2D eigenvalue weighted by Crippen LogP contribution is -2.47. The predicted octanol–water partition coefficient (Wildman–Crippen LogP) is 2.82. The molecule has 0 aliphatic carbocycles. The molecule has 114 valence electrons. The molecule has 0 bridgehead atoms. The molecular formula is C14H17FN2O4. The van der Waals surface area contributed by atoms with Crippen molar-refractivity contribution in [2.24, 2.45) is 5.41 Å². The van der Waals surface area contributed by atoms with E-state index in [0.717, 1.165) is 6.07 Å². The van der Waals surface area contributed by atoms with Crippen LogP contribution in [0.2, 0.25) is 0 Å². The molecule has 6 nitrogen and oxygen atoms in total. The van der Waals surface area contributed by atoms with E-state index in [-0.39, 0.29) is 17.9 Å². The van der Waals surface area contributed by atoms with E-state index >= 15 is 0 Å². The lowest BCUT2D eigenvalue weighted by atomic mass is 9.77. The van der Waals surface area contributed by atoms with Gasteiger partial charge in [0.2, 0.25) is 0 Å². The van der Waals surface area contributed by atoms with E-state index in [1.165, 1.54) is 12.1 Å². The van der Waals surface area contributed by atoms with Crippen LogP contribution < -0.4 is 4.90 Å². The molecule has 7 heteroatoms. The summed E-state index contributed by atoms with van der Waals surface area (Å²) in [6.07, 6.45) is 1.67. The first-order valence-electron chi connectivity index (χ1n) is 6.82. The summed E-state index contributed by atoms with van der Waals surface area (Å²) >= 11 is 0. The van der Waals surface area contributed by atoms with Crippen molar-refractivity contribution in [1.82, 2.24) is 0 Å². The topological polar surface area (TPSA) is 83.7 Å². The molecule has 21 heavy (non-hydrogen) atoms. The van der Waals surface area contributed by atoms with E-state index < -0.39 is 22.1 Å². The molecule has 1 saturated heterocycles. The van der Waals surface area contributed by atoms with E-state index in [2.05, 4.69) is 0 Å². The highest BCUT2D eigenvalue weighted by atomic mass is 19.1. The summed E-state index contributed by atoms with van der Waals surface area (Å²) in [7, 11) is 0. The number of carboxylic acid groups (broad SMARTS) is 1. The van der Waals surface area contributed by atoms with E-state index in [9.17, 15) is 24.4 Å². The molecule has 1 atom stereocenters. The summed E-state index contributed by atoms with van der Waals surface area (Å²) in [6, 6.07) is 3.46. The van der Waals surface area contributed by atoms with Gasteiger partial charge in [-0.3, -0.25) is 14.9 Å². The molecule has 1 aliphatic rings. The van der Waals surface area contributed by atoms with Crippen molar-refractivity contribution in [3.05, 3.63) is 34.1 Å². The third-order valence-corrected chi connectivity index (χ3v) is 4.19. The summed E-state index contributed by atoms with van der Waals surface area (Å²) < 4.78 is 14.1. The Morgan fingerprint density at radius 1 is 1.57 bits per heavy atom. The second-order valence-corrected chi connectivity index (χ2v) is 5.36. The van der Waals surface area contributed by atoms with Crippen molar-refractivity contribution in [2.45, 2.75) is 26.2 Å². The number of carbonyl (C=O) groups is 1.